The molecule has 0 aromatic rings. The van der Waals surface area contributed by atoms with Gasteiger partial charge in [-0.15, -0.1) is 11.1 Å². The van der Waals surface area contributed by atoms with Crippen LogP contribution in [0.25, 0.3) is 0 Å². The van der Waals surface area contributed by atoms with E-state index in [9.17, 15) is 8.42 Å². The van der Waals surface area contributed by atoms with Gasteiger partial charge < -0.3 is 4.99 Å². The van der Waals surface area contributed by atoms with Crippen LogP contribution in [0, 0.1) is 5.41 Å². The first-order chi connectivity index (χ1) is 5.53. The van der Waals surface area contributed by atoms with Crippen molar-refractivity contribution in [2.75, 3.05) is 13.3 Å². The molecule has 0 atom stereocenters. The second kappa shape index (κ2) is 5.06. The number of nitrogens with zero attached hydrogens (tertiary/aromatic N) is 1. The molecule has 0 aromatic heterocycles. The summed E-state index contributed by atoms with van der Waals surface area (Å²) in [5.74, 6) is 0. The molecule has 0 N–H and O–H groups in total. The Morgan fingerprint density at radius 1 is 1.38 bits per heavy atom. The van der Waals surface area contributed by atoms with Crippen LogP contribution in [0.5, 0.6) is 0 Å². The zero-order valence-corrected chi connectivity index (χ0v) is 11.5. The van der Waals surface area contributed by atoms with Gasteiger partial charge in [0.1, 0.15) is 0 Å². The van der Waals surface area contributed by atoms with E-state index < -0.39 is 9.84 Å². The van der Waals surface area contributed by atoms with Crippen LogP contribution < -0.4 is 0 Å². The zero-order chi connectivity index (χ0) is 9.19. The first-order valence-electron chi connectivity index (χ1n) is 3.82. The summed E-state index contributed by atoms with van der Waals surface area (Å²) in [5, 5.41) is 2.48. The van der Waals surface area contributed by atoms with Gasteiger partial charge in [-0.3, -0.25) is 0 Å². The van der Waals surface area contributed by atoms with Gasteiger partial charge in [-0.05, 0) is 0 Å². The summed E-state index contributed by atoms with van der Waals surface area (Å²) in [7, 11) is -1.43. The van der Waals surface area contributed by atoms with Crippen LogP contribution in [0.2, 0.25) is 0 Å². The number of hydrogen-bond acceptors (Lipinski definition) is 3. The molecule has 0 aromatic carbocycles. The molecule has 1 saturated carbocycles. The van der Waals surface area contributed by atoms with E-state index in [0.717, 1.165) is 36.8 Å². The predicted octanol–water partition coefficient (Wildman–Crippen LogP) is 0.970. The van der Waals surface area contributed by atoms with E-state index in [4.69, 9.17) is 0 Å². The Morgan fingerprint density at radius 3 is 2.46 bits per heavy atom. The average Bonchev–Trinajstić information content (AvgIpc) is 2.31. The van der Waals surface area contributed by atoms with E-state index in [1.165, 1.54) is 0 Å². The molecule has 0 heterocycles. The van der Waals surface area contributed by atoms with Crippen molar-refractivity contribution in [2.45, 2.75) is 19.3 Å². The van der Waals surface area contributed by atoms with Crippen molar-refractivity contribution in [2.24, 2.45) is 4.99 Å². The van der Waals surface area contributed by atoms with Crippen LogP contribution in [0.3, 0.4) is 0 Å². The number of sulfone groups is 1. The van der Waals surface area contributed by atoms with E-state index in [2.05, 4.69) is 10.4 Å². The van der Waals surface area contributed by atoms with Crippen LogP contribution in [0.4, 0.5) is 0 Å². The molecular weight excluding hydrogens is 358 g/mol. The smallest absolute Gasteiger partial charge is 0.0936 e. The molecule has 5 heteroatoms. The van der Waals surface area contributed by atoms with Gasteiger partial charge in [0.15, 0.2) is 0 Å². The topological polar surface area (TPSA) is 46.5 Å². The summed E-state index contributed by atoms with van der Waals surface area (Å²) >= 11 is 0. The predicted molar refractivity (Wildman–Crippen MR) is 48.8 cm³/mol. The normalized spacial score (nSPS) is 23.5. The number of rotatable bonds is 1. The Balaban J connectivity index is 0.00000144. The Morgan fingerprint density at radius 2 is 2.00 bits per heavy atom. The molecule has 74 valence electrons. The van der Waals surface area contributed by atoms with Gasteiger partial charge in [-0.25, -0.2) is 8.42 Å². The number of allylic oxidation sites excluding steroid dienone is 1. The molecule has 0 aliphatic heterocycles. The molecule has 0 amide bonds. The Hall–Kier alpha value is 0.0483. The Bertz CT molecular complexity index is 330. The molecular formula is C8H12NO2SW-. The quantitative estimate of drug-likeness (QED) is 0.646. The van der Waals surface area contributed by atoms with Crippen molar-refractivity contribution in [1.29, 1.82) is 0 Å². The third kappa shape index (κ3) is 4.19. The molecule has 1 aliphatic rings. The standard InChI is InChI=1S/C8H12NO2S.W/c1-9-8-5-3-4-7(8)6-12(2,10)11;/h3-5H2,1-2H3;/q-1;. The van der Waals surface area contributed by atoms with E-state index in [-0.39, 0.29) is 21.1 Å². The largest absolute Gasteiger partial charge is 0.386 e. The van der Waals surface area contributed by atoms with E-state index in [1.54, 1.807) is 7.05 Å². The Kier molecular flexibility index (Phi) is 5.08. The molecule has 13 heavy (non-hydrogen) atoms. The minimum absolute atomic E-state index is 0. The van der Waals surface area contributed by atoms with Crippen molar-refractivity contribution in [3.8, 4) is 0 Å². The molecule has 3 nitrogen and oxygen atoms in total. The fraction of sp³-hybridized carbons (Fsp3) is 0.625. The SMILES string of the molecule is CN=C1CCCC1=[C-]S(C)(=O)=O.[W]. The molecule has 1 rings (SSSR count). The van der Waals surface area contributed by atoms with Crippen LogP contribution in [-0.4, -0.2) is 27.4 Å². The van der Waals surface area contributed by atoms with Crippen LogP contribution in [0.15, 0.2) is 10.6 Å². The van der Waals surface area contributed by atoms with Crippen LogP contribution in [-0.2, 0) is 30.9 Å². The van der Waals surface area contributed by atoms with E-state index in [0.29, 0.717) is 0 Å². The molecule has 1 aliphatic carbocycles. The molecule has 0 unspecified atom stereocenters. The summed E-state index contributed by atoms with van der Waals surface area (Å²) in [5.41, 5.74) is 1.65. The van der Waals surface area contributed by atoms with Gasteiger partial charge in [-0.2, -0.15) is 5.57 Å². The zero-order valence-electron chi connectivity index (χ0n) is 7.70. The summed E-state index contributed by atoms with van der Waals surface area (Å²) in [4.78, 5) is 4.01. The second-order valence-electron chi connectivity index (χ2n) is 2.88. The van der Waals surface area contributed by atoms with Gasteiger partial charge in [0.25, 0.3) is 0 Å². The molecule has 0 bridgehead atoms. The van der Waals surface area contributed by atoms with E-state index in [1.807, 2.05) is 0 Å². The van der Waals surface area contributed by atoms with Crippen molar-refractivity contribution >= 4 is 15.5 Å². The monoisotopic (exact) mass is 370 g/mol. The van der Waals surface area contributed by atoms with Crippen molar-refractivity contribution in [3.63, 3.8) is 0 Å². The van der Waals surface area contributed by atoms with Gasteiger partial charge in [0.2, 0.25) is 0 Å². The van der Waals surface area contributed by atoms with Gasteiger partial charge >= 0.3 is 0 Å². The molecule has 1 fully saturated rings. The minimum atomic E-state index is -3.12. The first kappa shape index (κ1) is 13.0. The number of hydrogen-bond donors (Lipinski definition) is 0. The third-order valence-corrected chi connectivity index (χ3v) is 2.38. The van der Waals surface area contributed by atoms with Crippen molar-refractivity contribution < 1.29 is 29.5 Å². The van der Waals surface area contributed by atoms with Gasteiger partial charge in [0.05, 0.1) is 9.84 Å². The minimum Gasteiger partial charge on any atom is -0.386 e. The Labute approximate surface area is 93.5 Å². The van der Waals surface area contributed by atoms with Crippen molar-refractivity contribution in [1.82, 2.24) is 0 Å². The van der Waals surface area contributed by atoms with Crippen LogP contribution >= 0.6 is 0 Å². The fourth-order valence-corrected chi connectivity index (χ4v) is 1.98. The average molecular weight is 370 g/mol. The molecule has 0 spiro atoms. The summed E-state index contributed by atoms with van der Waals surface area (Å²) in [6.45, 7) is 0. The maximum absolute atomic E-state index is 10.9. The van der Waals surface area contributed by atoms with E-state index >= 15 is 0 Å². The maximum Gasteiger partial charge on any atom is 0.0936 e. The first-order valence-corrected chi connectivity index (χ1v) is 5.72. The van der Waals surface area contributed by atoms with Crippen molar-refractivity contribution in [3.05, 3.63) is 11.0 Å². The summed E-state index contributed by atoms with van der Waals surface area (Å²) in [6.07, 6.45) is 3.82. The van der Waals surface area contributed by atoms with Gasteiger partial charge in [0, 0.05) is 34.4 Å². The number of aliphatic imine (C=N–C) groups is 1. The fourth-order valence-electron chi connectivity index (χ4n) is 1.31. The van der Waals surface area contributed by atoms with Crippen LogP contribution in [0.1, 0.15) is 19.3 Å². The third-order valence-electron chi connectivity index (χ3n) is 1.77. The summed E-state index contributed by atoms with van der Waals surface area (Å²) < 4.78 is 21.7. The summed E-state index contributed by atoms with van der Waals surface area (Å²) in [6, 6.07) is 0. The molecule has 0 saturated heterocycles. The van der Waals surface area contributed by atoms with Gasteiger partial charge in [-0.1, -0.05) is 19.3 Å². The molecule has 0 radical (unpaired) electrons. The maximum atomic E-state index is 10.9. The second-order valence-corrected chi connectivity index (χ2v) is 4.63.